The Morgan fingerprint density at radius 3 is 2.50 bits per heavy atom. The van der Waals surface area contributed by atoms with Gasteiger partial charge >= 0.3 is 6.09 Å². The number of rotatable bonds is 6. The van der Waals surface area contributed by atoms with Crippen LogP contribution in [0.1, 0.15) is 34.1 Å². The van der Waals surface area contributed by atoms with Gasteiger partial charge in [-0.15, -0.1) is 0 Å². The molecule has 0 unspecified atom stereocenters. The quantitative estimate of drug-likeness (QED) is 0.847. The Morgan fingerprint density at radius 1 is 1.18 bits per heavy atom. The molecule has 2 N–H and O–H groups in total. The van der Waals surface area contributed by atoms with E-state index in [1.165, 1.54) is 0 Å². The number of para-hydroxylation sites is 2. The lowest BCUT2D eigenvalue weighted by Gasteiger charge is -2.19. The number of carbonyl (C=O) groups excluding carboxylic acids is 2. The van der Waals surface area contributed by atoms with Crippen molar-refractivity contribution in [3.05, 3.63) is 24.3 Å². The molecule has 0 aliphatic heterocycles. The first-order chi connectivity index (χ1) is 10.3. The molecule has 122 valence electrons. The van der Waals surface area contributed by atoms with Crippen LogP contribution in [0, 0.1) is 0 Å². The highest BCUT2D eigenvalue weighted by atomic mass is 16.6. The van der Waals surface area contributed by atoms with Crippen LogP contribution >= 0.6 is 0 Å². The van der Waals surface area contributed by atoms with Crippen LogP contribution in [0.15, 0.2) is 24.3 Å². The van der Waals surface area contributed by atoms with E-state index in [0.717, 1.165) is 0 Å². The molecule has 6 heteroatoms. The summed E-state index contributed by atoms with van der Waals surface area (Å²) in [5, 5.41) is 5.30. The van der Waals surface area contributed by atoms with E-state index >= 15 is 0 Å². The molecule has 0 fully saturated rings. The van der Waals surface area contributed by atoms with E-state index in [0.29, 0.717) is 18.0 Å². The van der Waals surface area contributed by atoms with Gasteiger partial charge in [0.1, 0.15) is 11.4 Å². The minimum absolute atomic E-state index is 0.152. The van der Waals surface area contributed by atoms with Crippen LogP contribution in [0.25, 0.3) is 0 Å². The van der Waals surface area contributed by atoms with Gasteiger partial charge in [-0.1, -0.05) is 12.1 Å². The average Bonchev–Trinajstić information content (AvgIpc) is 2.39. The molecule has 0 saturated carbocycles. The molecule has 0 aliphatic carbocycles. The second-order valence-corrected chi connectivity index (χ2v) is 5.66. The standard InChI is InChI=1S/C16H24N2O4/c1-5-21-13-9-7-6-8-12(13)18-14(19)10-11-17-15(20)22-16(2,3)4/h6-9H,5,10-11H2,1-4H3,(H,17,20)(H,18,19). The van der Waals surface area contributed by atoms with E-state index in [9.17, 15) is 9.59 Å². The van der Waals surface area contributed by atoms with Crippen molar-refractivity contribution in [3.8, 4) is 5.75 Å². The Kier molecular flexibility index (Phi) is 6.69. The third kappa shape index (κ3) is 6.97. The zero-order valence-corrected chi connectivity index (χ0v) is 13.6. The topological polar surface area (TPSA) is 76.7 Å². The minimum Gasteiger partial charge on any atom is -0.492 e. The maximum atomic E-state index is 11.9. The maximum absolute atomic E-state index is 11.9. The molecule has 0 aliphatic rings. The van der Waals surface area contributed by atoms with Crippen molar-refractivity contribution in [3.63, 3.8) is 0 Å². The minimum atomic E-state index is -0.553. The Balaban J connectivity index is 2.40. The summed E-state index contributed by atoms with van der Waals surface area (Å²) in [5.74, 6) is 0.418. The van der Waals surface area contributed by atoms with Gasteiger partial charge in [-0.2, -0.15) is 0 Å². The monoisotopic (exact) mass is 308 g/mol. The van der Waals surface area contributed by atoms with Gasteiger partial charge in [0.05, 0.1) is 12.3 Å². The van der Waals surface area contributed by atoms with Crippen LogP contribution in [0.4, 0.5) is 10.5 Å². The second kappa shape index (κ2) is 8.26. The summed E-state index contributed by atoms with van der Waals surface area (Å²) < 4.78 is 10.5. The Bertz CT molecular complexity index is 509. The van der Waals surface area contributed by atoms with Gasteiger partial charge in [0.25, 0.3) is 0 Å². The fourth-order valence-electron chi connectivity index (χ4n) is 1.66. The molecule has 0 heterocycles. The molecule has 0 radical (unpaired) electrons. The highest BCUT2D eigenvalue weighted by Gasteiger charge is 2.16. The lowest BCUT2D eigenvalue weighted by Crippen LogP contribution is -2.34. The fraction of sp³-hybridized carbons (Fsp3) is 0.500. The van der Waals surface area contributed by atoms with Gasteiger partial charge in [-0.25, -0.2) is 4.79 Å². The number of nitrogens with one attached hydrogen (secondary N) is 2. The SMILES string of the molecule is CCOc1ccccc1NC(=O)CCNC(=O)OC(C)(C)C. The molecule has 2 amide bonds. The van der Waals surface area contributed by atoms with Crippen molar-refractivity contribution in [2.24, 2.45) is 0 Å². The van der Waals surface area contributed by atoms with E-state index in [4.69, 9.17) is 9.47 Å². The molecular weight excluding hydrogens is 284 g/mol. The van der Waals surface area contributed by atoms with Crippen LogP contribution in [0.5, 0.6) is 5.75 Å². The first kappa shape index (κ1) is 17.8. The molecule has 22 heavy (non-hydrogen) atoms. The van der Waals surface area contributed by atoms with E-state index in [1.54, 1.807) is 32.9 Å². The van der Waals surface area contributed by atoms with E-state index in [1.807, 2.05) is 19.1 Å². The summed E-state index contributed by atoms with van der Waals surface area (Å²) in [7, 11) is 0. The molecule has 1 rings (SSSR count). The smallest absolute Gasteiger partial charge is 0.407 e. The number of hydrogen-bond acceptors (Lipinski definition) is 4. The molecule has 0 spiro atoms. The zero-order valence-electron chi connectivity index (χ0n) is 13.6. The number of carbonyl (C=O) groups is 2. The van der Waals surface area contributed by atoms with Crippen molar-refractivity contribution in [1.82, 2.24) is 5.32 Å². The molecule has 0 saturated heterocycles. The van der Waals surface area contributed by atoms with Gasteiger partial charge in [-0.3, -0.25) is 4.79 Å². The van der Waals surface area contributed by atoms with Crippen molar-refractivity contribution >= 4 is 17.7 Å². The van der Waals surface area contributed by atoms with Gasteiger partial charge < -0.3 is 20.1 Å². The normalized spacial score (nSPS) is 10.7. The summed E-state index contributed by atoms with van der Waals surface area (Å²) in [5.41, 5.74) is 0.0644. The van der Waals surface area contributed by atoms with E-state index < -0.39 is 11.7 Å². The van der Waals surface area contributed by atoms with Crippen molar-refractivity contribution < 1.29 is 19.1 Å². The second-order valence-electron chi connectivity index (χ2n) is 5.66. The predicted octanol–water partition coefficient (Wildman–Crippen LogP) is 2.94. The van der Waals surface area contributed by atoms with E-state index in [-0.39, 0.29) is 18.9 Å². The molecule has 0 atom stereocenters. The Labute approximate surface area is 131 Å². The number of alkyl carbamates (subject to hydrolysis) is 1. The van der Waals surface area contributed by atoms with Gasteiger partial charge in [-0.05, 0) is 39.8 Å². The van der Waals surface area contributed by atoms with Crippen molar-refractivity contribution in [1.29, 1.82) is 0 Å². The van der Waals surface area contributed by atoms with Gasteiger partial charge in [0, 0.05) is 13.0 Å². The molecule has 0 bridgehead atoms. The van der Waals surface area contributed by atoms with Gasteiger partial charge in [0.2, 0.25) is 5.91 Å². The maximum Gasteiger partial charge on any atom is 0.407 e. The molecule has 0 aromatic heterocycles. The zero-order chi connectivity index (χ0) is 16.6. The van der Waals surface area contributed by atoms with Crippen LogP contribution in [-0.2, 0) is 9.53 Å². The number of anilines is 1. The summed E-state index contributed by atoms with van der Waals surface area (Å²) >= 11 is 0. The van der Waals surface area contributed by atoms with Crippen LogP contribution in [-0.4, -0.2) is 30.8 Å². The van der Waals surface area contributed by atoms with Crippen molar-refractivity contribution in [2.75, 3.05) is 18.5 Å². The van der Waals surface area contributed by atoms with Gasteiger partial charge in [0.15, 0.2) is 0 Å². The van der Waals surface area contributed by atoms with E-state index in [2.05, 4.69) is 10.6 Å². The molecule has 1 aromatic carbocycles. The molecule has 6 nitrogen and oxygen atoms in total. The third-order valence-corrected chi connectivity index (χ3v) is 2.48. The van der Waals surface area contributed by atoms with Crippen molar-refractivity contribution in [2.45, 2.75) is 39.7 Å². The van der Waals surface area contributed by atoms with Crippen LogP contribution < -0.4 is 15.4 Å². The lowest BCUT2D eigenvalue weighted by atomic mass is 10.2. The molecular formula is C16H24N2O4. The Morgan fingerprint density at radius 2 is 1.86 bits per heavy atom. The highest BCUT2D eigenvalue weighted by molar-refractivity contribution is 5.92. The summed E-state index contributed by atoms with van der Waals surface area (Å²) in [4.78, 5) is 23.3. The third-order valence-electron chi connectivity index (χ3n) is 2.48. The predicted molar refractivity (Wildman–Crippen MR) is 85.1 cm³/mol. The lowest BCUT2D eigenvalue weighted by molar-refractivity contribution is -0.116. The average molecular weight is 308 g/mol. The van der Waals surface area contributed by atoms with Crippen LogP contribution in [0.2, 0.25) is 0 Å². The Hall–Kier alpha value is -2.24. The number of ether oxygens (including phenoxy) is 2. The number of amides is 2. The summed E-state index contributed by atoms with van der Waals surface area (Å²) in [6, 6.07) is 7.21. The fourth-order valence-corrected chi connectivity index (χ4v) is 1.66. The highest BCUT2D eigenvalue weighted by Crippen LogP contribution is 2.23. The molecule has 1 aromatic rings. The van der Waals surface area contributed by atoms with Crippen LogP contribution in [0.3, 0.4) is 0 Å². The largest absolute Gasteiger partial charge is 0.492 e. The summed E-state index contributed by atoms with van der Waals surface area (Å²) in [6.07, 6.45) is -0.380. The summed E-state index contributed by atoms with van der Waals surface area (Å²) in [6.45, 7) is 7.95. The number of benzene rings is 1. The number of hydrogen-bond donors (Lipinski definition) is 2. The first-order valence-corrected chi connectivity index (χ1v) is 7.30. The first-order valence-electron chi connectivity index (χ1n) is 7.30.